The Kier molecular flexibility index (Phi) is 4.94. The second-order valence-corrected chi connectivity index (χ2v) is 6.29. The molecule has 0 radical (unpaired) electrons. The molecule has 136 valence electrons. The Morgan fingerprint density at radius 1 is 1.32 bits per heavy atom. The van der Waals surface area contributed by atoms with Crippen molar-refractivity contribution in [3.63, 3.8) is 0 Å². The molecule has 0 saturated heterocycles. The number of aliphatic hydroxyl groups is 1. The van der Waals surface area contributed by atoms with Gasteiger partial charge in [-0.1, -0.05) is 0 Å². The Bertz CT molecular complexity index is 752. The molecule has 6 nitrogen and oxygen atoms in total. The molecule has 1 saturated carbocycles. The zero-order chi connectivity index (χ0) is 18.0. The molecule has 0 bridgehead atoms. The van der Waals surface area contributed by atoms with Gasteiger partial charge in [-0.25, -0.2) is 4.98 Å². The van der Waals surface area contributed by atoms with Crippen molar-refractivity contribution in [3.8, 4) is 0 Å². The van der Waals surface area contributed by atoms with E-state index < -0.39 is 12.6 Å². The molecule has 0 aromatic carbocycles. The lowest BCUT2D eigenvalue weighted by Gasteiger charge is -2.27. The summed E-state index contributed by atoms with van der Waals surface area (Å²) in [6, 6.07) is 0.0949. The summed E-state index contributed by atoms with van der Waals surface area (Å²) in [6.45, 7) is -0.314. The van der Waals surface area contributed by atoms with Crippen molar-refractivity contribution in [3.05, 3.63) is 18.0 Å². The molecule has 2 aromatic rings. The summed E-state index contributed by atoms with van der Waals surface area (Å²) in [5.41, 5.74) is 0.968. The first-order valence-electron chi connectivity index (χ1n) is 8.19. The van der Waals surface area contributed by atoms with Crippen LogP contribution in [-0.4, -0.2) is 44.8 Å². The second-order valence-electron chi connectivity index (χ2n) is 6.29. The number of hydrogen-bond acceptors (Lipinski definition) is 5. The van der Waals surface area contributed by atoms with Gasteiger partial charge in [0.15, 0.2) is 6.29 Å². The Hall–Kier alpha value is -2.16. The third kappa shape index (κ3) is 4.09. The van der Waals surface area contributed by atoms with Crippen molar-refractivity contribution in [2.24, 2.45) is 0 Å². The predicted molar refractivity (Wildman–Crippen MR) is 85.6 cm³/mol. The van der Waals surface area contributed by atoms with Crippen molar-refractivity contribution >= 4 is 23.3 Å². The monoisotopic (exact) mass is 356 g/mol. The number of anilines is 1. The normalized spacial score (nSPS) is 21.4. The van der Waals surface area contributed by atoms with E-state index in [4.69, 9.17) is 0 Å². The maximum atomic E-state index is 12.3. The number of alkyl halides is 3. The fourth-order valence-corrected chi connectivity index (χ4v) is 3.16. The highest BCUT2D eigenvalue weighted by atomic mass is 19.4. The van der Waals surface area contributed by atoms with Gasteiger partial charge in [-0.05, 0) is 25.7 Å². The van der Waals surface area contributed by atoms with Crippen molar-refractivity contribution in [1.82, 2.24) is 14.5 Å². The highest BCUT2D eigenvalue weighted by Crippen LogP contribution is 2.32. The number of nitrogens with one attached hydrogen (secondary N) is 1. The Morgan fingerprint density at radius 3 is 2.68 bits per heavy atom. The van der Waals surface area contributed by atoms with Gasteiger partial charge in [-0.15, -0.1) is 0 Å². The summed E-state index contributed by atoms with van der Waals surface area (Å²) in [4.78, 5) is 19.6. The SMILES string of the molecule is O=Cc1cn([C@H]2CC[C@H](O)CC2)c2nc(NCCC(F)(F)F)ncc12. The topological polar surface area (TPSA) is 80.0 Å². The maximum absolute atomic E-state index is 12.3. The summed E-state index contributed by atoms with van der Waals surface area (Å²) in [5.74, 6) is 0.101. The van der Waals surface area contributed by atoms with Crippen LogP contribution in [0.2, 0.25) is 0 Å². The summed E-state index contributed by atoms with van der Waals surface area (Å²) in [7, 11) is 0. The number of hydrogen-bond donors (Lipinski definition) is 2. The van der Waals surface area contributed by atoms with E-state index in [1.54, 1.807) is 6.20 Å². The highest BCUT2D eigenvalue weighted by Gasteiger charge is 2.27. The van der Waals surface area contributed by atoms with Crippen LogP contribution < -0.4 is 5.32 Å². The van der Waals surface area contributed by atoms with Gasteiger partial charge >= 0.3 is 6.18 Å². The Labute approximate surface area is 142 Å². The number of aromatic nitrogens is 3. The number of carbonyl (C=O) groups is 1. The molecule has 2 N–H and O–H groups in total. The van der Waals surface area contributed by atoms with E-state index in [-0.39, 0.29) is 24.6 Å². The summed E-state index contributed by atoms with van der Waals surface area (Å²) in [6.07, 6.45) is 1.19. The van der Waals surface area contributed by atoms with Gasteiger partial charge in [0.25, 0.3) is 0 Å². The number of rotatable bonds is 5. The molecule has 25 heavy (non-hydrogen) atoms. The lowest BCUT2D eigenvalue weighted by atomic mass is 9.93. The van der Waals surface area contributed by atoms with Gasteiger partial charge in [0.05, 0.1) is 12.5 Å². The molecule has 0 atom stereocenters. The van der Waals surface area contributed by atoms with E-state index in [1.165, 1.54) is 6.20 Å². The van der Waals surface area contributed by atoms with Crippen LogP contribution in [0.3, 0.4) is 0 Å². The van der Waals surface area contributed by atoms with E-state index in [2.05, 4.69) is 15.3 Å². The summed E-state index contributed by atoms with van der Waals surface area (Å²) >= 11 is 0. The molecule has 1 aliphatic rings. The molecule has 1 fully saturated rings. The van der Waals surface area contributed by atoms with Gasteiger partial charge in [-0.2, -0.15) is 18.2 Å². The third-order valence-corrected chi connectivity index (χ3v) is 4.48. The van der Waals surface area contributed by atoms with Crippen LogP contribution >= 0.6 is 0 Å². The van der Waals surface area contributed by atoms with Gasteiger partial charge in [0.2, 0.25) is 5.95 Å². The summed E-state index contributed by atoms with van der Waals surface area (Å²) in [5, 5.41) is 12.8. The van der Waals surface area contributed by atoms with E-state index in [0.717, 1.165) is 19.1 Å². The molecule has 0 spiro atoms. The molecular weight excluding hydrogens is 337 g/mol. The van der Waals surface area contributed by atoms with Crippen molar-refractivity contribution < 1.29 is 23.1 Å². The molecule has 2 aromatic heterocycles. The molecule has 0 amide bonds. The van der Waals surface area contributed by atoms with Gasteiger partial charge in [-0.3, -0.25) is 4.79 Å². The lowest BCUT2D eigenvalue weighted by molar-refractivity contribution is -0.131. The van der Waals surface area contributed by atoms with Gasteiger partial charge in [0, 0.05) is 35.9 Å². The fraction of sp³-hybridized carbons (Fsp3) is 0.562. The number of fused-ring (bicyclic) bond motifs is 1. The first-order valence-corrected chi connectivity index (χ1v) is 8.19. The third-order valence-electron chi connectivity index (χ3n) is 4.48. The largest absolute Gasteiger partial charge is 0.393 e. The minimum atomic E-state index is -4.25. The maximum Gasteiger partial charge on any atom is 0.390 e. The smallest absolute Gasteiger partial charge is 0.390 e. The molecule has 0 aliphatic heterocycles. The highest BCUT2D eigenvalue weighted by molar-refractivity contribution is 5.96. The van der Waals surface area contributed by atoms with Crippen LogP contribution in [0, 0.1) is 0 Å². The zero-order valence-electron chi connectivity index (χ0n) is 13.5. The minimum absolute atomic E-state index is 0.0949. The second kappa shape index (κ2) is 6.99. The zero-order valence-corrected chi connectivity index (χ0v) is 13.5. The van der Waals surface area contributed by atoms with Crippen LogP contribution in [-0.2, 0) is 0 Å². The number of aldehydes is 1. The van der Waals surface area contributed by atoms with Crippen molar-refractivity contribution in [1.29, 1.82) is 0 Å². The number of nitrogens with zero attached hydrogens (tertiary/aromatic N) is 3. The summed E-state index contributed by atoms with van der Waals surface area (Å²) < 4.78 is 38.6. The van der Waals surface area contributed by atoms with Gasteiger partial charge < -0.3 is 15.0 Å². The van der Waals surface area contributed by atoms with E-state index >= 15 is 0 Å². The fourth-order valence-electron chi connectivity index (χ4n) is 3.16. The molecule has 0 unspecified atom stereocenters. The first-order chi connectivity index (χ1) is 11.9. The van der Waals surface area contributed by atoms with Crippen LogP contribution in [0.4, 0.5) is 19.1 Å². The van der Waals surface area contributed by atoms with Crippen LogP contribution in [0.15, 0.2) is 12.4 Å². The lowest BCUT2D eigenvalue weighted by Crippen LogP contribution is -2.21. The first kappa shape index (κ1) is 17.7. The molecule has 9 heteroatoms. The predicted octanol–water partition coefficient (Wildman–Crippen LogP) is 3.08. The standard InChI is InChI=1S/C16H19F3N4O2/c17-16(18,19)5-6-20-15-21-7-13-10(9-24)8-23(14(13)22-15)11-1-3-12(25)4-2-11/h7-9,11-12,25H,1-6H2,(H,20,21,22)/t11-,12-. The van der Waals surface area contributed by atoms with Crippen LogP contribution in [0.25, 0.3) is 11.0 Å². The minimum Gasteiger partial charge on any atom is -0.393 e. The molecular formula is C16H19F3N4O2. The quantitative estimate of drug-likeness (QED) is 0.805. The number of carbonyl (C=O) groups excluding carboxylic acids is 1. The van der Waals surface area contributed by atoms with E-state index in [0.29, 0.717) is 29.4 Å². The number of halogens is 3. The van der Waals surface area contributed by atoms with Crippen molar-refractivity contribution in [2.45, 2.75) is 50.4 Å². The van der Waals surface area contributed by atoms with E-state index in [1.807, 2.05) is 4.57 Å². The number of aliphatic hydroxyl groups excluding tert-OH is 1. The van der Waals surface area contributed by atoms with Crippen LogP contribution in [0.1, 0.15) is 48.5 Å². The van der Waals surface area contributed by atoms with Gasteiger partial charge in [0.1, 0.15) is 5.65 Å². The van der Waals surface area contributed by atoms with Crippen molar-refractivity contribution in [2.75, 3.05) is 11.9 Å². The Balaban J connectivity index is 1.86. The molecule has 3 rings (SSSR count). The molecule has 2 heterocycles. The van der Waals surface area contributed by atoms with Crippen LogP contribution in [0.5, 0.6) is 0 Å². The average molecular weight is 356 g/mol. The molecule has 1 aliphatic carbocycles. The Morgan fingerprint density at radius 2 is 2.04 bits per heavy atom. The van der Waals surface area contributed by atoms with E-state index in [9.17, 15) is 23.1 Å². The average Bonchev–Trinajstić information content (AvgIpc) is 2.92.